The molecule has 0 bridgehead atoms. The predicted molar refractivity (Wildman–Crippen MR) is 74.8 cm³/mol. The van der Waals surface area contributed by atoms with Crippen LogP contribution >= 0.6 is 0 Å². The summed E-state index contributed by atoms with van der Waals surface area (Å²) in [6.07, 6.45) is 0.387. The number of hydrogen-bond acceptors (Lipinski definition) is 4. The molecular weight excluding hydrogens is 273 g/mol. The average Bonchev–Trinajstić information content (AvgIpc) is 2.53. The number of nitriles is 1. The summed E-state index contributed by atoms with van der Waals surface area (Å²) in [4.78, 5) is 13.7. The molecule has 1 fully saturated rings. The van der Waals surface area contributed by atoms with E-state index in [1.807, 2.05) is 6.07 Å². The molecule has 2 rings (SSSR count). The summed E-state index contributed by atoms with van der Waals surface area (Å²) in [6, 6.07) is 6.28. The molecule has 1 heterocycles. The molecule has 1 amide bonds. The zero-order chi connectivity index (χ0) is 15.1. The minimum absolute atomic E-state index is 0.0890. The zero-order valence-corrected chi connectivity index (χ0v) is 11.8. The van der Waals surface area contributed by atoms with Crippen molar-refractivity contribution in [2.75, 3.05) is 32.8 Å². The third-order valence-electron chi connectivity index (χ3n) is 3.38. The van der Waals surface area contributed by atoms with Crippen molar-refractivity contribution in [3.05, 3.63) is 35.1 Å². The SMILES string of the molecule is N#Cc1ccc(CNCCC(=O)N2CCOCC2)c(F)c1. The van der Waals surface area contributed by atoms with Crippen LogP contribution in [0.1, 0.15) is 17.5 Å². The minimum Gasteiger partial charge on any atom is -0.378 e. The second-order valence-corrected chi connectivity index (χ2v) is 4.84. The number of amides is 1. The largest absolute Gasteiger partial charge is 0.378 e. The second-order valence-electron chi connectivity index (χ2n) is 4.84. The van der Waals surface area contributed by atoms with Gasteiger partial charge >= 0.3 is 0 Å². The molecule has 0 saturated carbocycles. The minimum atomic E-state index is -0.402. The van der Waals surface area contributed by atoms with Crippen molar-refractivity contribution in [2.45, 2.75) is 13.0 Å². The second kappa shape index (κ2) is 7.72. The molecule has 6 heteroatoms. The Morgan fingerprint density at radius 1 is 1.43 bits per heavy atom. The van der Waals surface area contributed by atoms with Gasteiger partial charge in [0.05, 0.1) is 24.8 Å². The third kappa shape index (κ3) is 4.52. The molecule has 0 unspecified atom stereocenters. The highest BCUT2D eigenvalue weighted by Crippen LogP contribution is 2.09. The summed E-state index contributed by atoms with van der Waals surface area (Å²) < 4.78 is 18.8. The van der Waals surface area contributed by atoms with Gasteiger partial charge < -0.3 is 15.0 Å². The van der Waals surface area contributed by atoms with Gasteiger partial charge in [0.2, 0.25) is 5.91 Å². The van der Waals surface area contributed by atoms with Crippen LogP contribution in [0.5, 0.6) is 0 Å². The number of hydrogen-bond donors (Lipinski definition) is 1. The van der Waals surface area contributed by atoms with Crippen molar-refractivity contribution in [1.29, 1.82) is 5.26 Å². The van der Waals surface area contributed by atoms with Gasteiger partial charge in [0, 0.05) is 38.2 Å². The van der Waals surface area contributed by atoms with Crippen LogP contribution in [0.4, 0.5) is 4.39 Å². The van der Waals surface area contributed by atoms with Gasteiger partial charge in [-0.2, -0.15) is 5.26 Å². The van der Waals surface area contributed by atoms with Crippen LogP contribution < -0.4 is 5.32 Å². The van der Waals surface area contributed by atoms with Gasteiger partial charge in [0.15, 0.2) is 0 Å². The number of rotatable bonds is 5. The number of nitrogens with one attached hydrogen (secondary N) is 1. The van der Waals surface area contributed by atoms with Crippen molar-refractivity contribution >= 4 is 5.91 Å². The van der Waals surface area contributed by atoms with Crippen molar-refractivity contribution in [3.63, 3.8) is 0 Å². The summed E-state index contributed by atoms with van der Waals surface area (Å²) in [5.41, 5.74) is 0.798. The molecule has 1 aromatic carbocycles. The number of ether oxygens (including phenoxy) is 1. The van der Waals surface area contributed by atoms with Gasteiger partial charge in [-0.15, -0.1) is 0 Å². The first-order valence-electron chi connectivity index (χ1n) is 6.95. The smallest absolute Gasteiger partial charge is 0.224 e. The Balaban J connectivity index is 1.72. The molecule has 0 aromatic heterocycles. The molecule has 0 radical (unpaired) electrons. The average molecular weight is 291 g/mol. The van der Waals surface area contributed by atoms with Crippen molar-refractivity contribution in [2.24, 2.45) is 0 Å². The van der Waals surface area contributed by atoms with E-state index in [2.05, 4.69) is 5.32 Å². The maximum absolute atomic E-state index is 13.6. The van der Waals surface area contributed by atoms with E-state index in [-0.39, 0.29) is 5.91 Å². The lowest BCUT2D eigenvalue weighted by Crippen LogP contribution is -2.41. The fourth-order valence-corrected chi connectivity index (χ4v) is 2.15. The molecule has 1 aliphatic heterocycles. The molecule has 0 atom stereocenters. The van der Waals surface area contributed by atoms with Crippen LogP contribution in [-0.4, -0.2) is 43.7 Å². The third-order valence-corrected chi connectivity index (χ3v) is 3.38. The maximum Gasteiger partial charge on any atom is 0.224 e. The van der Waals surface area contributed by atoms with Gasteiger partial charge in [-0.3, -0.25) is 4.79 Å². The fraction of sp³-hybridized carbons (Fsp3) is 0.467. The van der Waals surface area contributed by atoms with Crippen molar-refractivity contribution in [1.82, 2.24) is 10.2 Å². The summed E-state index contributed by atoms with van der Waals surface area (Å²) in [6.45, 7) is 3.31. The summed E-state index contributed by atoms with van der Waals surface area (Å²) >= 11 is 0. The van der Waals surface area contributed by atoms with Crippen molar-refractivity contribution < 1.29 is 13.9 Å². The molecular formula is C15H18FN3O2. The van der Waals surface area contributed by atoms with E-state index < -0.39 is 5.82 Å². The van der Waals surface area contributed by atoms with Gasteiger partial charge in [-0.1, -0.05) is 6.07 Å². The predicted octanol–water partition coefficient (Wildman–Crippen LogP) is 1.04. The van der Waals surface area contributed by atoms with E-state index >= 15 is 0 Å². The van der Waals surface area contributed by atoms with E-state index in [0.717, 1.165) is 0 Å². The Morgan fingerprint density at radius 3 is 2.86 bits per heavy atom. The zero-order valence-electron chi connectivity index (χ0n) is 11.8. The van der Waals surface area contributed by atoms with Crippen molar-refractivity contribution in [3.8, 4) is 6.07 Å². The van der Waals surface area contributed by atoms with E-state index in [1.54, 1.807) is 17.0 Å². The molecule has 1 N–H and O–H groups in total. The van der Waals surface area contributed by atoms with Crippen LogP contribution in [0, 0.1) is 17.1 Å². The summed E-state index contributed by atoms with van der Waals surface area (Å²) in [5.74, 6) is -0.313. The van der Waals surface area contributed by atoms with Crippen LogP contribution in [0.25, 0.3) is 0 Å². The summed E-state index contributed by atoms with van der Waals surface area (Å²) in [7, 11) is 0. The van der Waals surface area contributed by atoms with Gasteiger partial charge in [-0.25, -0.2) is 4.39 Å². The molecule has 0 spiro atoms. The Morgan fingerprint density at radius 2 is 2.19 bits per heavy atom. The molecule has 21 heavy (non-hydrogen) atoms. The highest BCUT2D eigenvalue weighted by Gasteiger charge is 2.15. The lowest BCUT2D eigenvalue weighted by Gasteiger charge is -2.26. The van der Waals surface area contributed by atoms with Gasteiger partial charge in [-0.05, 0) is 12.1 Å². The molecule has 0 aliphatic carbocycles. The van der Waals surface area contributed by atoms with Crippen LogP contribution in [0.15, 0.2) is 18.2 Å². The first-order chi connectivity index (χ1) is 10.2. The van der Waals surface area contributed by atoms with Crippen LogP contribution in [-0.2, 0) is 16.1 Å². The normalized spacial score (nSPS) is 14.8. The molecule has 112 valence electrons. The molecule has 1 aliphatic rings. The highest BCUT2D eigenvalue weighted by molar-refractivity contribution is 5.76. The number of carbonyl (C=O) groups is 1. The maximum atomic E-state index is 13.6. The Labute approximate surface area is 123 Å². The standard InChI is InChI=1S/C15H18FN3O2/c16-14-9-12(10-17)1-2-13(14)11-18-4-3-15(20)19-5-7-21-8-6-19/h1-2,9,18H,3-8,11H2. The lowest BCUT2D eigenvalue weighted by atomic mass is 10.1. The van der Waals surface area contributed by atoms with E-state index in [4.69, 9.17) is 10.00 Å². The number of halogens is 1. The molecule has 1 saturated heterocycles. The van der Waals surface area contributed by atoms with Crippen LogP contribution in [0.2, 0.25) is 0 Å². The van der Waals surface area contributed by atoms with E-state index in [0.29, 0.717) is 56.9 Å². The van der Waals surface area contributed by atoms with E-state index in [1.165, 1.54) is 6.07 Å². The monoisotopic (exact) mass is 291 g/mol. The lowest BCUT2D eigenvalue weighted by molar-refractivity contribution is -0.135. The number of morpholine rings is 1. The highest BCUT2D eigenvalue weighted by atomic mass is 19.1. The summed E-state index contributed by atoms with van der Waals surface area (Å²) in [5, 5.41) is 11.7. The van der Waals surface area contributed by atoms with Crippen LogP contribution in [0.3, 0.4) is 0 Å². The first kappa shape index (κ1) is 15.4. The number of benzene rings is 1. The van der Waals surface area contributed by atoms with Gasteiger partial charge in [0.25, 0.3) is 0 Å². The number of carbonyl (C=O) groups excluding carboxylic acids is 1. The number of nitrogens with zero attached hydrogens (tertiary/aromatic N) is 2. The fourth-order valence-electron chi connectivity index (χ4n) is 2.15. The van der Waals surface area contributed by atoms with Gasteiger partial charge in [0.1, 0.15) is 5.82 Å². The van der Waals surface area contributed by atoms with E-state index in [9.17, 15) is 9.18 Å². The Kier molecular flexibility index (Phi) is 5.67. The first-order valence-corrected chi connectivity index (χ1v) is 6.95. The molecule has 5 nitrogen and oxygen atoms in total. The Bertz CT molecular complexity index is 536. The Hall–Kier alpha value is -1.97. The quantitative estimate of drug-likeness (QED) is 0.823. The topological polar surface area (TPSA) is 65.4 Å². The molecule has 1 aromatic rings.